The van der Waals surface area contributed by atoms with Crippen molar-refractivity contribution in [2.24, 2.45) is 0 Å². The molecule has 0 N–H and O–H groups in total. The number of ether oxygens (including phenoxy) is 2. The van der Waals surface area contributed by atoms with E-state index in [2.05, 4.69) is 22.1 Å². The van der Waals surface area contributed by atoms with Gasteiger partial charge in [-0.1, -0.05) is 0 Å². The molecule has 2 aromatic rings. The van der Waals surface area contributed by atoms with E-state index < -0.39 is 0 Å². The minimum atomic E-state index is 0.763. The molecule has 0 amide bonds. The fourth-order valence-corrected chi connectivity index (χ4v) is 2.77. The molecule has 0 aliphatic carbocycles. The third kappa shape index (κ3) is 3.68. The van der Waals surface area contributed by atoms with Crippen LogP contribution in [0.15, 0.2) is 18.2 Å². The Morgan fingerprint density at radius 3 is 2.55 bits per heavy atom. The van der Waals surface area contributed by atoms with Crippen molar-refractivity contribution in [3.05, 3.63) is 33.8 Å². The van der Waals surface area contributed by atoms with Crippen molar-refractivity contribution in [1.82, 2.24) is 15.1 Å². The fourth-order valence-electron chi connectivity index (χ4n) is 1.98. The van der Waals surface area contributed by atoms with Crippen LogP contribution in [0.3, 0.4) is 0 Å². The zero-order chi connectivity index (χ0) is 14.5. The van der Waals surface area contributed by atoms with Gasteiger partial charge in [0.1, 0.15) is 21.5 Å². The number of nitrogens with zero attached hydrogens (tertiary/aromatic N) is 3. The van der Waals surface area contributed by atoms with Crippen molar-refractivity contribution < 1.29 is 9.47 Å². The second kappa shape index (κ2) is 6.67. The average Bonchev–Trinajstić information content (AvgIpc) is 2.83. The second-order valence-corrected chi connectivity index (χ2v) is 5.83. The van der Waals surface area contributed by atoms with Crippen LogP contribution in [0.2, 0.25) is 0 Å². The summed E-state index contributed by atoms with van der Waals surface area (Å²) in [6.45, 7) is 3.50. The summed E-state index contributed by atoms with van der Waals surface area (Å²) in [4.78, 5) is 2.18. The third-order valence-electron chi connectivity index (χ3n) is 2.90. The first-order chi connectivity index (χ1) is 9.62. The van der Waals surface area contributed by atoms with Crippen LogP contribution in [0, 0.1) is 6.92 Å². The summed E-state index contributed by atoms with van der Waals surface area (Å²) in [5.74, 6) is 1.70. The van der Waals surface area contributed by atoms with Crippen molar-refractivity contribution in [3.63, 3.8) is 0 Å². The summed E-state index contributed by atoms with van der Waals surface area (Å²) in [6.07, 6.45) is 0. The predicted molar refractivity (Wildman–Crippen MR) is 79.4 cm³/mol. The van der Waals surface area contributed by atoms with Gasteiger partial charge in [0.25, 0.3) is 0 Å². The van der Waals surface area contributed by atoms with Crippen molar-refractivity contribution in [3.8, 4) is 11.5 Å². The molecule has 1 heterocycles. The van der Waals surface area contributed by atoms with E-state index in [0.717, 1.165) is 40.2 Å². The van der Waals surface area contributed by atoms with Gasteiger partial charge in [0, 0.05) is 12.1 Å². The van der Waals surface area contributed by atoms with Crippen LogP contribution >= 0.6 is 11.3 Å². The minimum absolute atomic E-state index is 0.763. The number of hydrogen-bond donors (Lipinski definition) is 0. The largest absolute Gasteiger partial charge is 0.497 e. The minimum Gasteiger partial charge on any atom is -0.497 e. The molecule has 108 valence electrons. The lowest BCUT2D eigenvalue weighted by Crippen LogP contribution is -2.17. The Bertz CT molecular complexity index is 571. The Labute approximate surface area is 123 Å². The van der Waals surface area contributed by atoms with Gasteiger partial charge in [-0.05, 0) is 32.2 Å². The number of hydrogen-bond acceptors (Lipinski definition) is 6. The topological polar surface area (TPSA) is 47.5 Å². The molecule has 0 atom stereocenters. The van der Waals surface area contributed by atoms with Gasteiger partial charge in [0.2, 0.25) is 0 Å². The molecule has 0 aliphatic heterocycles. The lowest BCUT2D eigenvalue weighted by molar-refractivity contribution is 0.307. The first kappa shape index (κ1) is 14.7. The maximum Gasteiger partial charge on any atom is 0.131 e. The Balaban J connectivity index is 2.08. The van der Waals surface area contributed by atoms with Gasteiger partial charge in [0.05, 0.1) is 20.8 Å². The van der Waals surface area contributed by atoms with Crippen LogP contribution in [-0.4, -0.2) is 36.4 Å². The number of aromatic nitrogens is 2. The van der Waals surface area contributed by atoms with Gasteiger partial charge in [0.15, 0.2) is 0 Å². The Morgan fingerprint density at radius 1 is 1.15 bits per heavy atom. The molecule has 1 aromatic carbocycles. The molecule has 0 spiro atoms. The summed E-state index contributed by atoms with van der Waals surface area (Å²) < 4.78 is 10.7. The van der Waals surface area contributed by atoms with Gasteiger partial charge in [-0.15, -0.1) is 21.5 Å². The van der Waals surface area contributed by atoms with Crippen molar-refractivity contribution in [1.29, 1.82) is 0 Å². The van der Waals surface area contributed by atoms with Crippen LogP contribution < -0.4 is 9.47 Å². The number of benzene rings is 1. The molecule has 0 bridgehead atoms. The molecule has 0 saturated carbocycles. The van der Waals surface area contributed by atoms with Crippen molar-refractivity contribution >= 4 is 11.3 Å². The van der Waals surface area contributed by atoms with Crippen molar-refractivity contribution in [2.45, 2.75) is 20.0 Å². The first-order valence-electron chi connectivity index (χ1n) is 6.31. The molecule has 0 aliphatic rings. The maximum absolute atomic E-state index is 5.39. The molecule has 0 fully saturated rings. The zero-order valence-electron chi connectivity index (χ0n) is 12.2. The SMILES string of the molecule is COc1ccc(OC)c(CN(C)Cc2nnc(C)s2)c1. The Kier molecular flexibility index (Phi) is 4.92. The Morgan fingerprint density at radius 2 is 1.95 bits per heavy atom. The highest BCUT2D eigenvalue weighted by Crippen LogP contribution is 2.25. The van der Waals surface area contributed by atoms with Crippen LogP contribution in [0.4, 0.5) is 0 Å². The smallest absolute Gasteiger partial charge is 0.131 e. The molecule has 0 unspecified atom stereocenters. The molecule has 0 saturated heterocycles. The summed E-state index contributed by atoms with van der Waals surface area (Å²) in [7, 11) is 5.40. The van der Waals surface area contributed by atoms with E-state index in [4.69, 9.17) is 9.47 Å². The number of rotatable bonds is 6. The fraction of sp³-hybridized carbons (Fsp3) is 0.429. The predicted octanol–water partition coefficient (Wildman–Crippen LogP) is 2.50. The van der Waals surface area contributed by atoms with E-state index in [1.54, 1.807) is 25.6 Å². The molecule has 0 radical (unpaired) electrons. The second-order valence-electron chi connectivity index (χ2n) is 4.56. The van der Waals surface area contributed by atoms with E-state index in [0.29, 0.717) is 0 Å². The highest BCUT2D eigenvalue weighted by atomic mass is 32.1. The summed E-state index contributed by atoms with van der Waals surface area (Å²) in [5.41, 5.74) is 1.09. The lowest BCUT2D eigenvalue weighted by atomic mass is 10.1. The quantitative estimate of drug-likeness (QED) is 0.819. The average molecular weight is 293 g/mol. The molecule has 1 aromatic heterocycles. The van der Waals surface area contributed by atoms with E-state index in [1.807, 2.05) is 25.1 Å². The third-order valence-corrected chi connectivity index (χ3v) is 3.72. The van der Waals surface area contributed by atoms with Crippen LogP contribution in [0.1, 0.15) is 15.6 Å². The lowest BCUT2D eigenvalue weighted by Gasteiger charge is -2.17. The number of aryl methyl sites for hydroxylation is 1. The van der Waals surface area contributed by atoms with Crippen LogP contribution in [0.5, 0.6) is 11.5 Å². The summed E-state index contributed by atoms with van der Waals surface area (Å²) in [5, 5.41) is 10.2. The Hall–Kier alpha value is -1.66. The van der Waals surface area contributed by atoms with E-state index in [-0.39, 0.29) is 0 Å². The molecule has 20 heavy (non-hydrogen) atoms. The van der Waals surface area contributed by atoms with E-state index in [1.165, 1.54) is 0 Å². The highest BCUT2D eigenvalue weighted by Gasteiger charge is 2.10. The molecule has 2 rings (SSSR count). The van der Waals surface area contributed by atoms with E-state index in [9.17, 15) is 0 Å². The first-order valence-corrected chi connectivity index (χ1v) is 7.12. The number of methoxy groups -OCH3 is 2. The summed E-state index contributed by atoms with van der Waals surface area (Å²) >= 11 is 1.62. The summed E-state index contributed by atoms with van der Waals surface area (Å²) in [6, 6.07) is 5.83. The molecule has 5 nitrogen and oxygen atoms in total. The maximum atomic E-state index is 5.39. The zero-order valence-corrected chi connectivity index (χ0v) is 13.0. The molecular weight excluding hydrogens is 274 g/mol. The van der Waals surface area contributed by atoms with Gasteiger partial charge in [-0.2, -0.15) is 0 Å². The van der Waals surface area contributed by atoms with Gasteiger partial charge >= 0.3 is 0 Å². The molecular formula is C14H19N3O2S. The van der Waals surface area contributed by atoms with Crippen LogP contribution in [-0.2, 0) is 13.1 Å². The van der Waals surface area contributed by atoms with E-state index >= 15 is 0 Å². The van der Waals surface area contributed by atoms with Crippen molar-refractivity contribution in [2.75, 3.05) is 21.3 Å². The normalized spacial score (nSPS) is 10.8. The molecule has 6 heteroatoms. The van der Waals surface area contributed by atoms with Gasteiger partial charge in [-0.3, -0.25) is 4.90 Å². The highest BCUT2D eigenvalue weighted by molar-refractivity contribution is 7.11. The van der Waals surface area contributed by atoms with Gasteiger partial charge < -0.3 is 9.47 Å². The monoisotopic (exact) mass is 293 g/mol. The van der Waals surface area contributed by atoms with Crippen LogP contribution in [0.25, 0.3) is 0 Å². The van der Waals surface area contributed by atoms with Gasteiger partial charge in [-0.25, -0.2) is 0 Å². The standard InChI is InChI=1S/C14H19N3O2S/c1-10-15-16-14(20-10)9-17(2)8-11-7-12(18-3)5-6-13(11)19-4/h5-7H,8-9H2,1-4H3.